The van der Waals surface area contributed by atoms with Crippen molar-refractivity contribution < 1.29 is 18.3 Å². The maximum Gasteiger partial charge on any atom is 0.245 e. The van der Waals surface area contributed by atoms with Crippen LogP contribution in [-0.4, -0.2) is 19.1 Å². The van der Waals surface area contributed by atoms with Crippen LogP contribution in [0.4, 0.5) is 14.5 Å². The van der Waals surface area contributed by atoms with Gasteiger partial charge in [0.05, 0.1) is 0 Å². The van der Waals surface area contributed by atoms with Crippen molar-refractivity contribution in [3.05, 3.63) is 59.2 Å². The molecule has 25 heavy (non-hydrogen) atoms. The topological polar surface area (TPSA) is 29.5 Å². The van der Waals surface area contributed by atoms with Crippen molar-refractivity contribution >= 4 is 11.6 Å². The Bertz CT molecular complexity index is 865. The summed E-state index contributed by atoms with van der Waals surface area (Å²) >= 11 is 0. The van der Waals surface area contributed by atoms with Gasteiger partial charge in [-0.05, 0) is 30.0 Å². The second kappa shape index (κ2) is 5.55. The smallest absolute Gasteiger partial charge is 0.245 e. The molecular formula is C20H19F2NO2. The molecule has 1 amide bonds. The summed E-state index contributed by atoms with van der Waals surface area (Å²) in [6, 6.07) is 9.67. The number of carbonyl (C=O) groups is 1. The van der Waals surface area contributed by atoms with Crippen LogP contribution in [0.15, 0.2) is 36.4 Å². The minimum atomic E-state index is -1.09. The fourth-order valence-corrected chi connectivity index (χ4v) is 3.78. The first-order chi connectivity index (χ1) is 11.9. The summed E-state index contributed by atoms with van der Waals surface area (Å²) in [4.78, 5) is 15.1. The number of anilines is 1. The Labute approximate surface area is 145 Å². The van der Waals surface area contributed by atoms with Crippen molar-refractivity contribution in [2.45, 2.75) is 25.7 Å². The third-order valence-corrected chi connectivity index (χ3v) is 5.12. The first-order valence-electron chi connectivity index (χ1n) is 8.49. The van der Waals surface area contributed by atoms with Gasteiger partial charge in [0.1, 0.15) is 17.8 Å². The number of para-hydroxylation sites is 1. The molecule has 0 saturated heterocycles. The van der Waals surface area contributed by atoms with Gasteiger partial charge in [0, 0.05) is 23.9 Å². The maximum absolute atomic E-state index is 13.9. The average Bonchev–Trinajstić information content (AvgIpc) is 3.05. The zero-order valence-electron chi connectivity index (χ0n) is 14.2. The summed E-state index contributed by atoms with van der Waals surface area (Å²) in [6.45, 7) is 4.87. The van der Waals surface area contributed by atoms with Crippen LogP contribution in [0.5, 0.6) is 5.75 Å². The molecule has 0 radical (unpaired) electrons. The van der Waals surface area contributed by atoms with Crippen LogP contribution < -0.4 is 9.64 Å². The zero-order chi connectivity index (χ0) is 17.8. The molecule has 2 heterocycles. The molecule has 1 spiro atoms. The third kappa shape index (κ3) is 2.18. The Morgan fingerprint density at radius 3 is 2.64 bits per heavy atom. The third-order valence-electron chi connectivity index (χ3n) is 5.12. The summed E-state index contributed by atoms with van der Waals surface area (Å²) in [5.74, 6) is -1.36. The number of carbonyl (C=O) groups excluding carboxylic acids is 1. The zero-order valence-corrected chi connectivity index (χ0v) is 14.2. The molecule has 0 aromatic heterocycles. The minimum absolute atomic E-state index is 0.0687. The summed E-state index contributed by atoms with van der Waals surface area (Å²) < 4.78 is 33.1. The number of halogens is 2. The molecule has 1 atom stereocenters. The number of hydrogen-bond acceptors (Lipinski definition) is 2. The van der Waals surface area contributed by atoms with Crippen LogP contribution >= 0.6 is 0 Å². The molecule has 5 heteroatoms. The van der Waals surface area contributed by atoms with Crippen LogP contribution in [-0.2, 0) is 10.2 Å². The largest absolute Gasteiger partial charge is 0.491 e. The Morgan fingerprint density at radius 1 is 1.16 bits per heavy atom. The van der Waals surface area contributed by atoms with Crippen LogP contribution in [0, 0.1) is 17.6 Å². The van der Waals surface area contributed by atoms with Crippen molar-refractivity contribution in [3.63, 3.8) is 0 Å². The van der Waals surface area contributed by atoms with Crippen LogP contribution in [0.1, 0.15) is 31.4 Å². The van der Waals surface area contributed by atoms with E-state index < -0.39 is 17.0 Å². The SMILES string of the molecule is CC(C)CCN1C(=O)C2(COc3cc(F)c(F)cc32)c2ccccc21. The maximum atomic E-state index is 13.9. The highest BCUT2D eigenvalue weighted by Gasteiger charge is 2.56. The molecule has 2 aromatic rings. The number of amides is 1. The van der Waals surface area contributed by atoms with E-state index in [1.165, 1.54) is 0 Å². The molecule has 0 N–H and O–H groups in total. The molecule has 1 unspecified atom stereocenters. The van der Waals surface area contributed by atoms with Gasteiger partial charge in [-0.25, -0.2) is 8.78 Å². The first-order valence-corrected chi connectivity index (χ1v) is 8.49. The van der Waals surface area contributed by atoms with Crippen LogP contribution in [0.25, 0.3) is 0 Å². The molecule has 2 aliphatic heterocycles. The van der Waals surface area contributed by atoms with E-state index in [2.05, 4.69) is 13.8 Å². The predicted octanol–water partition coefficient (Wildman–Crippen LogP) is 4.04. The lowest BCUT2D eigenvalue weighted by atomic mass is 9.77. The Hall–Kier alpha value is -2.43. The van der Waals surface area contributed by atoms with Gasteiger partial charge in [-0.3, -0.25) is 4.79 Å². The van der Waals surface area contributed by atoms with Gasteiger partial charge >= 0.3 is 0 Å². The molecule has 3 nitrogen and oxygen atoms in total. The minimum Gasteiger partial charge on any atom is -0.491 e. The van der Waals surface area contributed by atoms with E-state index in [1.807, 2.05) is 24.3 Å². The van der Waals surface area contributed by atoms with Crippen molar-refractivity contribution in [2.75, 3.05) is 18.1 Å². The number of rotatable bonds is 3. The monoisotopic (exact) mass is 343 g/mol. The number of nitrogens with zero attached hydrogens (tertiary/aromatic N) is 1. The molecule has 2 aliphatic rings. The summed E-state index contributed by atoms with van der Waals surface area (Å²) in [7, 11) is 0. The molecule has 130 valence electrons. The van der Waals surface area contributed by atoms with Gasteiger partial charge in [-0.15, -0.1) is 0 Å². The van der Waals surface area contributed by atoms with E-state index in [0.29, 0.717) is 18.0 Å². The summed E-state index contributed by atoms with van der Waals surface area (Å²) in [5, 5.41) is 0. The Morgan fingerprint density at radius 2 is 1.88 bits per heavy atom. The normalized spacial score (nSPS) is 21.0. The molecule has 2 aromatic carbocycles. The highest BCUT2D eigenvalue weighted by Crippen LogP contribution is 2.52. The van der Waals surface area contributed by atoms with E-state index in [0.717, 1.165) is 29.8 Å². The average molecular weight is 343 g/mol. The van der Waals surface area contributed by atoms with E-state index in [-0.39, 0.29) is 18.3 Å². The van der Waals surface area contributed by atoms with Gasteiger partial charge in [0.25, 0.3) is 0 Å². The second-order valence-corrected chi connectivity index (χ2v) is 7.11. The fourth-order valence-electron chi connectivity index (χ4n) is 3.78. The van der Waals surface area contributed by atoms with E-state index in [1.54, 1.807) is 4.90 Å². The van der Waals surface area contributed by atoms with Gasteiger partial charge in [-0.2, -0.15) is 0 Å². The Kier molecular flexibility index (Phi) is 3.56. The number of hydrogen-bond donors (Lipinski definition) is 0. The lowest BCUT2D eigenvalue weighted by molar-refractivity contribution is -0.122. The van der Waals surface area contributed by atoms with Crippen LogP contribution in [0.2, 0.25) is 0 Å². The van der Waals surface area contributed by atoms with Gasteiger partial charge < -0.3 is 9.64 Å². The lowest BCUT2D eigenvalue weighted by Crippen LogP contribution is -2.43. The summed E-state index contributed by atoms with van der Waals surface area (Å²) in [5.41, 5.74) is 0.955. The molecule has 0 aliphatic carbocycles. The van der Waals surface area contributed by atoms with E-state index >= 15 is 0 Å². The van der Waals surface area contributed by atoms with Gasteiger partial charge in [0.2, 0.25) is 5.91 Å². The quantitative estimate of drug-likeness (QED) is 0.842. The first kappa shape index (κ1) is 16.1. The number of ether oxygens (including phenoxy) is 1. The highest BCUT2D eigenvalue weighted by atomic mass is 19.2. The van der Waals surface area contributed by atoms with Crippen molar-refractivity contribution in [3.8, 4) is 5.75 Å². The molecule has 0 fully saturated rings. The molecule has 0 bridgehead atoms. The molecular weight excluding hydrogens is 324 g/mol. The van der Waals surface area contributed by atoms with Crippen molar-refractivity contribution in [1.82, 2.24) is 0 Å². The number of fused-ring (bicyclic) bond motifs is 4. The van der Waals surface area contributed by atoms with Crippen molar-refractivity contribution in [2.24, 2.45) is 5.92 Å². The lowest BCUT2D eigenvalue weighted by Gasteiger charge is -2.23. The number of benzene rings is 2. The van der Waals surface area contributed by atoms with E-state index in [4.69, 9.17) is 4.74 Å². The fraction of sp³-hybridized carbons (Fsp3) is 0.350. The van der Waals surface area contributed by atoms with Gasteiger partial charge in [-0.1, -0.05) is 32.0 Å². The summed E-state index contributed by atoms with van der Waals surface area (Å²) in [6.07, 6.45) is 0.863. The van der Waals surface area contributed by atoms with E-state index in [9.17, 15) is 13.6 Å². The van der Waals surface area contributed by atoms with Crippen molar-refractivity contribution in [1.29, 1.82) is 0 Å². The predicted molar refractivity (Wildman–Crippen MR) is 90.9 cm³/mol. The molecule has 0 saturated carbocycles. The Balaban J connectivity index is 1.87. The second-order valence-electron chi connectivity index (χ2n) is 7.11. The standard InChI is InChI=1S/C20H19F2NO2/c1-12(2)7-8-23-17-6-4-3-5-13(17)20(19(23)24)11-25-18-10-16(22)15(21)9-14(18)20/h3-6,9-10,12H,7-8,11H2,1-2H3. The highest BCUT2D eigenvalue weighted by molar-refractivity contribution is 6.11. The van der Waals surface area contributed by atoms with Gasteiger partial charge in [0.15, 0.2) is 11.6 Å². The van der Waals surface area contributed by atoms with Crippen LogP contribution in [0.3, 0.4) is 0 Å². The molecule has 4 rings (SSSR count).